The van der Waals surface area contributed by atoms with Gasteiger partial charge in [0.1, 0.15) is 11.5 Å². The van der Waals surface area contributed by atoms with Gasteiger partial charge in [0.25, 0.3) is 11.7 Å². The molecule has 1 fully saturated rings. The third-order valence-corrected chi connectivity index (χ3v) is 6.61. The number of Topliss-reactive ketones (excluding diaryl/α,β-unsaturated/α-hetero) is 1. The van der Waals surface area contributed by atoms with E-state index in [2.05, 4.69) is 4.98 Å². The molecule has 176 valence electrons. The molecule has 0 saturated carbocycles. The number of aryl methyl sites for hydroxylation is 3. The highest BCUT2D eigenvalue weighted by Gasteiger charge is 2.48. The van der Waals surface area contributed by atoms with E-state index in [1.54, 1.807) is 12.3 Å². The molecule has 5 rings (SSSR count). The molecule has 6 nitrogen and oxygen atoms in total. The molecule has 3 aromatic carbocycles. The average Bonchev–Trinajstić information content (AvgIpc) is 3.37. The number of aromatic nitrogens is 1. The minimum Gasteiger partial charge on any atom is -0.507 e. The number of aliphatic hydroxyl groups excluding tert-OH is 1. The van der Waals surface area contributed by atoms with Crippen molar-refractivity contribution in [3.63, 3.8) is 0 Å². The third-order valence-electron chi connectivity index (χ3n) is 6.61. The predicted octanol–water partition coefficient (Wildman–Crippen LogP) is 5.73. The van der Waals surface area contributed by atoms with Crippen LogP contribution in [0.4, 0.5) is 5.69 Å². The topological polar surface area (TPSA) is 82.6 Å². The Bertz CT molecular complexity index is 1530. The van der Waals surface area contributed by atoms with Crippen molar-refractivity contribution in [3.05, 3.63) is 100 Å². The van der Waals surface area contributed by atoms with Crippen molar-refractivity contribution < 1.29 is 19.4 Å². The number of methoxy groups -OCH3 is 1. The van der Waals surface area contributed by atoms with Crippen LogP contribution in [-0.2, 0) is 9.59 Å². The summed E-state index contributed by atoms with van der Waals surface area (Å²) < 4.78 is 5.59. The van der Waals surface area contributed by atoms with Crippen LogP contribution in [0.15, 0.2) is 72.4 Å². The molecular formula is C29H26N2O4. The van der Waals surface area contributed by atoms with E-state index in [0.29, 0.717) is 17.0 Å². The van der Waals surface area contributed by atoms with Crippen molar-refractivity contribution in [1.29, 1.82) is 0 Å². The largest absolute Gasteiger partial charge is 0.507 e. The lowest BCUT2D eigenvalue weighted by atomic mass is 9.93. The predicted molar refractivity (Wildman–Crippen MR) is 137 cm³/mol. The summed E-state index contributed by atoms with van der Waals surface area (Å²) in [5, 5.41) is 12.5. The van der Waals surface area contributed by atoms with E-state index in [1.807, 2.05) is 75.4 Å². The highest BCUT2D eigenvalue weighted by Crippen LogP contribution is 2.46. The molecule has 0 aliphatic carbocycles. The fraction of sp³-hybridized carbons (Fsp3) is 0.172. The average molecular weight is 467 g/mol. The van der Waals surface area contributed by atoms with E-state index >= 15 is 0 Å². The first-order chi connectivity index (χ1) is 16.8. The lowest BCUT2D eigenvalue weighted by Crippen LogP contribution is -2.30. The van der Waals surface area contributed by atoms with Crippen LogP contribution >= 0.6 is 0 Å². The molecule has 6 heteroatoms. The van der Waals surface area contributed by atoms with Crippen LogP contribution in [0.5, 0.6) is 5.75 Å². The Morgan fingerprint density at radius 3 is 2.43 bits per heavy atom. The Kier molecular flexibility index (Phi) is 5.44. The van der Waals surface area contributed by atoms with Crippen molar-refractivity contribution in [3.8, 4) is 5.75 Å². The van der Waals surface area contributed by atoms with E-state index in [-0.39, 0.29) is 11.3 Å². The molecule has 1 saturated heterocycles. The maximum atomic E-state index is 13.6. The molecule has 0 spiro atoms. The molecule has 1 amide bonds. The van der Waals surface area contributed by atoms with E-state index in [4.69, 9.17) is 4.74 Å². The number of carbonyl (C=O) groups excluding carboxylic acids is 2. The van der Waals surface area contributed by atoms with Crippen molar-refractivity contribution in [2.45, 2.75) is 26.8 Å². The molecule has 1 aliphatic rings. The molecule has 4 aromatic rings. The zero-order valence-corrected chi connectivity index (χ0v) is 20.0. The number of benzene rings is 3. The van der Waals surface area contributed by atoms with Gasteiger partial charge in [0, 0.05) is 28.4 Å². The van der Waals surface area contributed by atoms with Gasteiger partial charge in [0.2, 0.25) is 0 Å². The van der Waals surface area contributed by atoms with Crippen molar-refractivity contribution in [2.75, 3.05) is 12.0 Å². The maximum Gasteiger partial charge on any atom is 0.300 e. The molecule has 0 bridgehead atoms. The van der Waals surface area contributed by atoms with E-state index in [1.165, 1.54) is 12.0 Å². The molecule has 1 unspecified atom stereocenters. The number of carbonyl (C=O) groups is 2. The standard InChI is InChI=1S/C29H26N2O4/c1-16-13-18(3)28(35-4)20(14-16)26(32)24-25(21-15-30-22-11-7-6-10-19(21)22)31(29(34)27(24)33)23-12-8-5-9-17(23)2/h5-15,25,30,32H,1-4H3/b26-24+. The fourth-order valence-electron chi connectivity index (χ4n) is 5.08. The number of amides is 1. The second-order valence-electron chi connectivity index (χ2n) is 8.91. The zero-order valence-electron chi connectivity index (χ0n) is 20.0. The summed E-state index contributed by atoms with van der Waals surface area (Å²) in [5.41, 5.74) is 5.23. The Balaban J connectivity index is 1.84. The Morgan fingerprint density at radius 2 is 1.69 bits per heavy atom. The number of para-hydroxylation sites is 2. The van der Waals surface area contributed by atoms with Gasteiger partial charge in [-0.25, -0.2) is 0 Å². The summed E-state index contributed by atoms with van der Waals surface area (Å²) in [6.07, 6.45) is 1.80. The number of anilines is 1. The molecule has 0 radical (unpaired) electrons. The Labute approximate surface area is 203 Å². The van der Waals surface area contributed by atoms with Crippen LogP contribution in [0.2, 0.25) is 0 Å². The van der Waals surface area contributed by atoms with Crippen molar-refractivity contribution >= 4 is 34.0 Å². The number of aliphatic hydroxyl groups is 1. The number of ether oxygens (including phenoxy) is 1. The summed E-state index contributed by atoms with van der Waals surface area (Å²) in [7, 11) is 1.53. The first-order valence-electron chi connectivity index (χ1n) is 11.4. The number of rotatable bonds is 4. The van der Waals surface area contributed by atoms with Gasteiger partial charge < -0.3 is 14.8 Å². The SMILES string of the molecule is COc1c(C)cc(C)cc1/C(O)=C1\C(=O)C(=O)N(c2ccccc2C)C1c1c[nH]c2ccccc12. The van der Waals surface area contributed by atoms with Gasteiger partial charge in [-0.1, -0.05) is 42.5 Å². The van der Waals surface area contributed by atoms with Crippen molar-refractivity contribution in [1.82, 2.24) is 4.98 Å². The lowest BCUT2D eigenvalue weighted by Gasteiger charge is -2.26. The third kappa shape index (κ3) is 3.49. The normalized spacial score (nSPS) is 17.4. The number of hydrogen-bond acceptors (Lipinski definition) is 4. The maximum absolute atomic E-state index is 13.6. The summed E-state index contributed by atoms with van der Waals surface area (Å²) in [4.78, 5) is 31.8. The van der Waals surface area contributed by atoms with Crippen LogP contribution in [0, 0.1) is 20.8 Å². The first-order valence-corrected chi connectivity index (χ1v) is 11.4. The van der Waals surface area contributed by atoms with Gasteiger partial charge >= 0.3 is 0 Å². The molecular weight excluding hydrogens is 440 g/mol. The lowest BCUT2D eigenvalue weighted by molar-refractivity contribution is -0.132. The van der Waals surface area contributed by atoms with E-state index in [9.17, 15) is 14.7 Å². The Morgan fingerprint density at radius 1 is 0.971 bits per heavy atom. The van der Waals surface area contributed by atoms with Crippen LogP contribution in [0.25, 0.3) is 16.7 Å². The monoisotopic (exact) mass is 466 g/mol. The summed E-state index contributed by atoms with van der Waals surface area (Å²) in [5.74, 6) is -1.20. The highest BCUT2D eigenvalue weighted by atomic mass is 16.5. The van der Waals surface area contributed by atoms with Crippen LogP contribution in [0.1, 0.15) is 33.9 Å². The van der Waals surface area contributed by atoms with E-state index in [0.717, 1.165) is 33.2 Å². The summed E-state index contributed by atoms with van der Waals surface area (Å²) >= 11 is 0. The molecule has 2 heterocycles. The summed E-state index contributed by atoms with van der Waals surface area (Å²) in [6.45, 7) is 5.69. The second kappa shape index (κ2) is 8.47. The number of nitrogens with one attached hydrogen (secondary N) is 1. The van der Waals surface area contributed by atoms with Gasteiger partial charge in [0.15, 0.2) is 0 Å². The highest BCUT2D eigenvalue weighted by molar-refractivity contribution is 6.52. The number of H-pyrrole nitrogens is 1. The number of hydrogen-bond donors (Lipinski definition) is 2. The van der Waals surface area contributed by atoms with Gasteiger partial charge in [-0.15, -0.1) is 0 Å². The zero-order chi connectivity index (χ0) is 24.9. The molecule has 1 aromatic heterocycles. The first kappa shape index (κ1) is 22.5. The minimum absolute atomic E-state index is 0.0336. The van der Waals surface area contributed by atoms with Crippen molar-refractivity contribution in [2.24, 2.45) is 0 Å². The minimum atomic E-state index is -0.822. The number of aromatic amines is 1. The Hall–Kier alpha value is -4.32. The fourth-order valence-corrected chi connectivity index (χ4v) is 5.08. The number of ketones is 1. The molecule has 1 aliphatic heterocycles. The van der Waals surface area contributed by atoms with Gasteiger partial charge in [-0.05, 0) is 55.7 Å². The molecule has 1 atom stereocenters. The molecule has 2 N–H and O–H groups in total. The quantitative estimate of drug-likeness (QED) is 0.229. The van der Waals surface area contributed by atoms with Crippen LogP contribution in [-0.4, -0.2) is 28.9 Å². The number of fused-ring (bicyclic) bond motifs is 1. The van der Waals surface area contributed by atoms with Gasteiger partial charge in [-0.3, -0.25) is 14.5 Å². The number of nitrogens with zero attached hydrogens (tertiary/aromatic N) is 1. The van der Waals surface area contributed by atoms with E-state index < -0.39 is 17.7 Å². The second-order valence-corrected chi connectivity index (χ2v) is 8.91. The van der Waals surface area contributed by atoms with Gasteiger partial charge in [-0.2, -0.15) is 0 Å². The van der Waals surface area contributed by atoms with Crippen LogP contribution < -0.4 is 9.64 Å². The van der Waals surface area contributed by atoms with Gasteiger partial charge in [0.05, 0.1) is 24.3 Å². The van der Waals surface area contributed by atoms with Crippen LogP contribution in [0.3, 0.4) is 0 Å². The summed E-state index contributed by atoms with van der Waals surface area (Å²) in [6, 6.07) is 18.0. The molecule has 35 heavy (non-hydrogen) atoms. The smallest absolute Gasteiger partial charge is 0.300 e.